The van der Waals surface area contributed by atoms with E-state index in [-0.39, 0.29) is 0 Å². The highest BCUT2D eigenvalue weighted by molar-refractivity contribution is 4.33. The molecule has 0 unspecified atom stereocenters. The average Bonchev–Trinajstić information content (AvgIpc) is 2.36. The molecule has 17 heavy (non-hydrogen) atoms. The van der Waals surface area contributed by atoms with Gasteiger partial charge in [0, 0.05) is 26.4 Å². The van der Waals surface area contributed by atoms with Crippen LogP contribution in [0, 0.1) is 0 Å². The fraction of sp³-hybridized carbons (Fsp3) is 1.00. The summed E-state index contributed by atoms with van der Waals surface area (Å²) in [4.78, 5) is 0. The van der Waals surface area contributed by atoms with Gasteiger partial charge in [-0.3, -0.25) is 0 Å². The Kier molecular flexibility index (Phi) is 24.0. The molecule has 0 saturated carbocycles. The van der Waals surface area contributed by atoms with Crippen molar-refractivity contribution in [3.63, 3.8) is 0 Å². The van der Waals surface area contributed by atoms with Crippen LogP contribution in [0.2, 0.25) is 0 Å². The highest BCUT2D eigenvalue weighted by Crippen LogP contribution is 1.91. The second kappa shape index (κ2) is 21.2. The van der Waals surface area contributed by atoms with Crippen LogP contribution < -0.4 is 0 Å². The Bertz CT molecular complexity index is 95.6. The van der Waals surface area contributed by atoms with Crippen LogP contribution in [0.5, 0.6) is 0 Å². The second-order valence-corrected chi connectivity index (χ2v) is 3.71. The molecule has 0 saturated heterocycles. The quantitative estimate of drug-likeness (QED) is 0.522. The first kappa shape index (κ1) is 19.2. The van der Waals surface area contributed by atoms with Gasteiger partial charge < -0.3 is 14.2 Å². The lowest BCUT2D eigenvalue weighted by atomic mass is 10.3. The predicted molar refractivity (Wildman–Crippen MR) is 73.6 cm³/mol. The zero-order valence-corrected chi connectivity index (χ0v) is 12.3. The molecule has 0 atom stereocenters. The van der Waals surface area contributed by atoms with Crippen molar-refractivity contribution in [3.05, 3.63) is 0 Å². The van der Waals surface area contributed by atoms with Gasteiger partial charge in [-0.15, -0.1) is 0 Å². The van der Waals surface area contributed by atoms with Crippen LogP contribution in [0.1, 0.15) is 53.4 Å². The van der Waals surface area contributed by atoms with Crippen LogP contribution in [-0.2, 0) is 14.2 Å². The Hall–Kier alpha value is -0.120. The van der Waals surface area contributed by atoms with E-state index >= 15 is 0 Å². The topological polar surface area (TPSA) is 27.7 Å². The molecule has 0 aromatic rings. The fourth-order valence-corrected chi connectivity index (χ4v) is 1.00. The molecule has 0 fully saturated rings. The zero-order valence-electron chi connectivity index (χ0n) is 12.3. The molecule has 0 bridgehead atoms. The van der Waals surface area contributed by atoms with Gasteiger partial charge in [0.1, 0.15) is 0 Å². The SMILES string of the molecule is CCCCOCCCC.CCOCCOCC. The maximum Gasteiger partial charge on any atom is 0.0700 e. The van der Waals surface area contributed by atoms with Gasteiger partial charge in [0.25, 0.3) is 0 Å². The third-order valence-corrected chi connectivity index (χ3v) is 2.06. The first-order valence-electron chi connectivity index (χ1n) is 7.06. The third kappa shape index (κ3) is 25.8. The Morgan fingerprint density at radius 2 is 0.941 bits per heavy atom. The fourth-order valence-electron chi connectivity index (χ4n) is 1.00. The van der Waals surface area contributed by atoms with Crippen molar-refractivity contribution in [1.82, 2.24) is 0 Å². The van der Waals surface area contributed by atoms with Crippen molar-refractivity contribution in [2.45, 2.75) is 53.4 Å². The van der Waals surface area contributed by atoms with E-state index in [1.54, 1.807) is 0 Å². The van der Waals surface area contributed by atoms with E-state index in [1.807, 2.05) is 13.8 Å². The summed E-state index contributed by atoms with van der Waals surface area (Å²) in [6.07, 6.45) is 4.91. The third-order valence-electron chi connectivity index (χ3n) is 2.06. The van der Waals surface area contributed by atoms with E-state index in [9.17, 15) is 0 Å². The lowest BCUT2D eigenvalue weighted by molar-refractivity contribution is 0.0584. The standard InChI is InChI=1S/C8H18O.C6H14O2/c1-3-5-7-9-8-6-4-2;1-3-7-5-6-8-4-2/h3-8H2,1-2H3;3-6H2,1-2H3. The van der Waals surface area contributed by atoms with Crippen LogP contribution in [0.4, 0.5) is 0 Å². The van der Waals surface area contributed by atoms with E-state index < -0.39 is 0 Å². The largest absolute Gasteiger partial charge is 0.381 e. The molecule has 0 aliphatic carbocycles. The first-order valence-corrected chi connectivity index (χ1v) is 7.06. The first-order chi connectivity index (χ1) is 8.33. The summed E-state index contributed by atoms with van der Waals surface area (Å²) >= 11 is 0. The predicted octanol–water partition coefficient (Wildman–Crippen LogP) is 3.66. The molecule has 0 N–H and O–H groups in total. The van der Waals surface area contributed by atoms with Crippen molar-refractivity contribution >= 4 is 0 Å². The van der Waals surface area contributed by atoms with Gasteiger partial charge >= 0.3 is 0 Å². The molecule has 0 aliphatic rings. The minimum Gasteiger partial charge on any atom is -0.381 e. The van der Waals surface area contributed by atoms with E-state index in [0.717, 1.165) is 39.6 Å². The Morgan fingerprint density at radius 1 is 0.529 bits per heavy atom. The van der Waals surface area contributed by atoms with Crippen molar-refractivity contribution in [2.24, 2.45) is 0 Å². The summed E-state index contributed by atoms with van der Waals surface area (Å²) in [6.45, 7) is 13.3. The lowest BCUT2D eigenvalue weighted by Gasteiger charge is -1.99. The van der Waals surface area contributed by atoms with Gasteiger partial charge in [-0.05, 0) is 26.7 Å². The summed E-state index contributed by atoms with van der Waals surface area (Å²) in [7, 11) is 0. The molecule has 0 heterocycles. The number of hydrogen-bond donors (Lipinski definition) is 0. The molecule has 3 heteroatoms. The Balaban J connectivity index is 0. The smallest absolute Gasteiger partial charge is 0.0700 e. The maximum atomic E-state index is 5.31. The highest BCUT2D eigenvalue weighted by atomic mass is 16.5. The minimum absolute atomic E-state index is 0.727. The van der Waals surface area contributed by atoms with Gasteiger partial charge in [-0.2, -0.15) is 0 Å². The average molecular weight is 248 g/mol. The molecular formula is C14H32O3. The molecule has 0 aromatic carbocycles. The van der Waals surface area contributed by atoms with Gasteiger partial charge in [-0.1, -0.05) is 26.7 Å². The van der Waals surface area contributed by atoms with Crippen LogP contribution in [0.3, 0.4) is 0 Å². The van der Waals surface area contributed by atoms with Gasteiger partial charge in [-0.25, -0.2) is 0 Å². The van der Waals surface area contributed by atoms with Crippen LogP contribution in [-0.4, -0.2) is 39.6 Å². The summed E-state index contributed by atoms with van der Waals surface area (Å²) in [5, 5.41) is 0. The number of rotatable bonds is 11. The number of ether oxygens (including phenoxy) is 3. The summed E-state index contributed by atoms with van der Waals surface area (Å²) in [5.74, 6) is 0. The van der Waals surface area contributed by atoms with Gasteiger partial charge in [0.2, 0.25) is 0 Å². The van der Waals surface area contributed by atoms with Crippen molar-refractivity contribution < 1.29 is 14.2 Å². The number of hydrogen-bond acceptors (Lipinski definition) is 3. The van der Waals surface area contributed by atoms with Crippen LogP contribution in [0.25, 0.3) is 0 Å². The summed E-state index contributed by atoms with van der Waals surface area (Å²) in [6, 6.07) is 0. The Labute approximate surface area is 108 Å². The molecular weight excluding hydrogens is 216 g/mol. The van der Waals surface area contributed by atoms with E-state index in [4.69, 9.17) is 14.2 Å². The van der Waals surface area contributed by atoms with E-state index in [1.165, 1.54) is 25.7 Å². The van der Waals surface area contributed by atoms with Gasteiger partial charge in [0.15, 0.2) is 0 Å². The van der Waals surface area contributed by atoms with Crippen molar-refractivity contribution in [3.8, 4) is 0 Å². The van der Waals surface area contributed by atoms with E-state index in [0.29, 0.717) is 0 Å². The minimum atomic E-state index is 0.727. The van der Waals surface area contributed by atoms with Crippen molar-refractivity contribution in [1.29, 1.82) is 0 Å². The van der Waals surface area contributed by atoms with Crippen LogP contribution in [0.15, 0.2) is 0 Å². The Morgan fingerprint density at radius 3 is 1.24 bits per heavy atom. The number of unbranched alkanes of at least 4 members (excludes halogenated alkanes) is 2. The molecule has 0 spiro atoms. The molecule has 106 valence electrons. The molecule has 0 rings (SSSR count). The zero-order chi connectivity index (χ0) is 13.2. The molecule has 0 radical (unpaired) electrons. The van der Waals surface area contributed by atoms with Crippen molar-refractivity contribution in [2.75, 3.05) is 39.6 Å². The van der Waals surface area contributed by atoms with Crippen LogP contribution >= 0.6 is 0 Å². The lowest BCUT2D eigenvalue weighted by Crippen LogP contribution is -2.02. The molecule has 0 amide bonds. The summed E-state index contributed by atoms with van der Waals surface area (Å²) in [5.41, 5.74) is 0. The van der Waals surface area contributed by atoms with E-state index in [2.05, 4.69) is 13.8 Å². The highest BCUT2D eigenvalue weighted by Gasteiger charge is 1.84. The normalized spacial score (nSPS) is 9.88. The molecule has 3 nitrogen and oxygen atoms in total. The second-order valence-electron chi connectivity index (χ2n) is 3.71. The molecule has 0 aromatic heterocycles. The van der Waals surface area contributed by atoms with Gasteiger partial charge in [0.05, 0.1) is 13.2 Å². The monoisotopic (exact) mass is 248 g/mol. The molecule has 0 aliphatic heterocycles. The maximum absolute atomic E-state index is 5.31. The summed E-state index contributed by atoms with van der Waals surface area (Å²) < 4.78 is 15.3.